The summed E-state index contributed by atoms with van der Waals surface area (Å²) in [7, 11) is -3.90. The molecule has 0 atom stereocenters. The van der Waals surface area contributed by atoms with Crippen LogP contribution in [0, 0.1) is 11.6 Å². The summed E-state index contributed by atoms with van der Waals surface area (Å²) in [5, 5.41) is 2.65. The van der Waals surface area contributed by atoms with Gasteiger partial charge in [0.2, 0.25) is 0 Å². The van der Waals surface area contributed by atoms with Gasteiger partial charge in [-0.1, -0.05) is 23.7 Å². The zero-order chi connectivity index (χ0) is 20.3. The molecule has 0 fully saturated rings. The van der Waals surface area contributed by atoms with Crippen molar-refractivity contribution in [2.45, 2.75) is 4.90 Å². The maximum atomic E-state index is 13.2. The number of para-hydroxylation sites is 1. The Hall–Kier alpha value is -2.97. The number of carbonyl (C=O) groups excluding carboxylic acids is 1. The largest absolute Gasteiger partial charge is 0.322 e. The number of rotatable bonds is 5. The van der Waals surface area contributed by atoms with E-state index in [1.165, 1.54) is 36.4 Å². The van der Waals surface area contributed by atoms with Gasteiger partial charge in [-0.05, 0) is 48.5 Å². The molecule has 0 aliphatic heterocycles. The molecule has 3 aromatic rings. The molecule has 2 N–H and O–H groups in total. The van der Waals surface area contributed by atoms with Crippen LogP contribution in [0.25, 0.3) is 0 Å². The fourth-order valence-electron chi connectivity index (χ4n) is 2.31. The number of anilines is 2. The van der Waals surface area contributed by atoms with Crippen LogP contribution in [0.1, 0.15) is 10.4 Å². The van der Waals surface area contributed by atoms with E-state index in [9.17, 15) is 22.0 Å². The van der Waals surface area contributed by atoms with Gasteiger partial charge in [-0.2, -0.15) is 0 Å². The molecule has 0 aromatic heterocycles. The Morgan fingerprint density at radius 3 is 2.21 bits per heavy atom. The minimum atomic E-state index is -3.90. The predicted octanol–water partition coefficient (Wildman–Crippen LogP) is 4.67. The van der Waals surface area contributed by atoms with Crippen molar-refractivity contribution in [2.75, 3.05) is 10.0 Å². The first kappa shape index (κ1) is 19.8. The van der Waals surface area contributed by atoms with Gasteiger partial charge in [-0.3, -0.25) is 9.52 Å². The van der Waals surface area contributed by atoms with Crippen LogP contribution < -0.4 is 10.0 Å². The van der Waals surface area contributed by atoms with Crippen LogP contribution in [0.2, 0.25) is 5.02 Å². The Morgan fingerprint density at radius 2 is 1.57 bits per heavy atom. The number of sulfonamides is 1. The van der Waals surface area contributed by atoms with Gasteiger partial charge >= 0.3 is 0 Å². The van der Waals surface area contributed by atoms with Crippen molar-refractivity contribution in [3.63, 3.8) is 0 Å². The average Bonchev–Trinajstić information content (AvgIpc) is 2.66. The summed E-state index contributed by atoms with van der Waals surface area (Å²) < 4.78 is 53.4. The molecule has 0 saturated carbocycles. The lowest BCUT2D eigenvalue weighted by Gasteiger charge is -2.10. The van der Waals surface area contributed by atoms with E-state index < -0.39 is 27.6 Å². The van der Waals surface area contributed by atoms with Crippen molar-refractivity contribution in [2.24, 2.45) is 0 Å². The highest BCUT2D eigenvalue weighted by Crippen LogP contribution is 2.24. The Bertz CT molecular complexity index is 1140. The molecular weight excluding hydrogens is 410 g/mol. The Kier molecular flexibility index (Phi) is 5.62. The maximum absolute atomic E-state index is 13.2. The third-order valence-corrected chi connectivity index (χ3v) is 5.43. The van der Waals surface area contributed by atoms with Gasteiger partial charge in [-0.15, -0.1) is 0 Å². The quantitative estimate of drug-likeness (QED) is 0.627. The monoisotopic (exact) mass is 422 g/mol. The van der Waals surface area contributed by atoms with Gasteiger partial charge in [-0.25, -0.2) is 17.2 Å². The SMILES string of the molecule is O=C(Nc1ccc(F)c(F)c1)c1ccc(S(=O)(=O)Nc2ccccc2Cl)cc1. The van der Waals surface area contributed by atoms with Crippen molar-refractivity contribution in [1.82, 2.24) is 0 Å². The minimum Gasteiger partial charge on any atom is -0.322 e. The molecule has 0 heterocycles. The van der Waals surface area contributed by atoms with Crippen molar-refractivity contribution < 1.29 is 22.0 Å². The topological polar surface area (TPSA) is 75.3 Å². The van der Waals surface area contributed by atoms with Crippen LogP contribution in [0.5, 0.6) is 0 Å². The van der Waals surface area contributed by atoms with E-state index in [4.69, 9.17) is 11.6 Å². The number of amides is 1. The fraction of sp³-hybridized carbons (Fsp3) is 0. The van der Waals surface area contributed by atoms with E-state index in [0.29, 0.717) is 0 Å². The molecular formula is C19H13ClF2N2O3S. The summed E-state index contributed by atoms with van der Waals surface area (Å²) in [6.45, 7) is 0. The summed E-state index contributed by atoms with van der Waals surface area (Å²) in [4.78, 5) is 12.1. The zero-order valence-corrected chi connectivity index (χ0v) is 15.7. The van der Waals surface area contributed by atoms with Crippen LogP contribution in [0.4, 0.5) is 20.2 Å². The summed E-state index contributed by atoms with van der Waals surface area (Å²) in [5.41, 5.74) is 0.437. The van der Waals surface area contributed by atoms with Crippen LogP contribution >= 0.6 is 11.6 Å². The van der Waals surface area contributed by atoms with Gasteiger partial charge in [0.15, 0.2) is 11.6 Å². The normalized spacial score (nSPS) is 11.1. The van der Waals surface area contributed by atoms with E-state index in [1.807, 2.05) is 0 Å². The molecule has 0 aliphatic carbocycles. The Morgan fingerprint density at radius 1 is 0.893 bits per heavy atom. The summed E-state index contributed by atoms with van der Waals surface area (Å²) in [6, 6.07) is 14.4. The Balaban J connectivity index is 1.76. The molecule has 0 unspecified atom stereocenters. The van der Waals surface area contributed by atoms with Crippen LogP contribution in [-0.2, 0) is 10.0 Å². The van der Waals surface area contributed by atoms with Crippen molar-refractivity contribution >= 4 is 38.9 Å². The molecule has 0 spiro atoms. The number of hydrogen-bond donors (Lipinski definition) is 2. The van der Waals surface area contributed by atoms with E-state index >= 15 is 0 Å². The second-order valence-electron chi connectivity index (χ2n) is 5.69. The number of benzene rings is 3. The van der Waals surface area contributed by atoms with Crippen LogP contribution in [0.3, 0.4) is 0 Å². The molecule has 3 rings (SSSR count). The summed E-state index contributed by atoms with van der Waals surface area (Å²) in [5.74, 6) is -2.72. The summed E-state index contributed by atoms with van der Waals surface area (Å²) >= 11 is 5.95. The molecule has 0 bridgehead atoms. The minimum absolute atomic E-state index is 0.0704. The lowest BCUT2D eigenvalue weighted by molar-refractivity contribution is 0.102. The molecule has 0 aliphatic rings. The molecule has 5 nitrogen and oxygen atoms in total. The van der Waals surface area contributed by atoms with Gasteiger partial charge in [0, 0.05) is 17.3 Å². The number of hydrogen-bond acceptors (Lipinski definition) is 3. The third-order valence-electron chi connectivity index (χ3n) is 3.72. The molecule has 28 heavy (non-hydrogen) atoms. The second-order valence-corrected chi connectivity index (χ2v) is 7.78. The van der Waals surface area contributed by atoms with E-state index in [1.54, 1.807) is 18.2 Å². The summed E-state index contributed by atoms with van der Waals surface area (Å²) in [6.07, 6.45) is 0. The first-order valence-corrected chi connectivity index (χ1v) is 9.76. The number of nitrogens with one attached hydrogen (secondary N) is 2. The highest BCUT2D eigenvalue weighted by molar-refractivity contribution is 7.92. The number of halogens is 3. The van der Waals surface area contributed by atoms with Crippen molar-refractivity contribution in [1.29, 1.82) is 0 Å². The van der Waals surface area contributed by atoms with E-state index in [2.05, 4.69) is 10.0 Å². The lowest BCUT2D eigenvalue weighted by atomic mass is 10.2. The second kappa shape index (κ2) is 7.95. The third kappa shape index (κ3) is 4.47. The first-order chi connectivity index (χ1) is 13.3. The molecule has 9 heteroatoms. The predicted molar refractivity (Wildman–Crippen MR) is 103 cm³/mol. The van der Waals surface area contributed by atoms with Crippen LogP contribution in [-0.4, -0.2) is 14.3 Å². The highest BCUT2D eigenvalue weighted by atomic mass is 35.5. The Labute approximate surface area is 165 Å². The van der Waals surface area contributed by atoms with Crippen molar-refractivity contribution in [3.8, 4) is 0 Å². The van der Waals surface area contributed by atoms with E-state index in [-0.39, 0.29) is 26.9 Å². The highest BCUT2D eigenvalue weighted by Gasteiger charge is 2.17. The average molecular weight is 423 g/mol. The van der Waals surface area contributed by atoms with Crippen molar-refractivity contribution in [3.05, 3.63) is 89.0 Å². The number of carbonyl (C=O) groups is 1. The zero-order valence-electron chi connectivity index (χ0n) is 14.1. The smallest absolute Gasteiger partial charge is 0.261 e. The lowest BCUT2D eigenvalue weighted by Crippen LogP contribution is -2.15. The standard InChI is InChI=1S/C19H13ClF2N2O3S/c20-15-3-1-2-4-18(15)24-28(26,27)14-8-5-12(6-9-14)19(25)23-13-7-10-16(21)17(22)11-13/h1-11,24H,(H,23,25). The van der Waals surface area contributed by atoms with Gasteiger partial charge in [0.25, 0.3) is 15.9 Å². The molecule has 144 valence electrons. The van der Waals surface area contributed by atoms with Gasteiger partial charge in [0.05, 0.1) is 15.6 Å². The van der Waals surface area contributed by atoms with Gasteiger partial charge in [0.1, 0.15) is 0 Å². The fourth-order valence-corrected chi connectivity index (χ4v) is 3.63. The molecule has 1 amide bonds. The maximum Gasteiger partial charge on any atom is 0.261 e. The first-order valence-electron chi connectivity index (χ1n) is 7.90. The van der Waals surface area contributed by atoms with E-state index in [0.717, 1.165) is 12.1 Å². The molecule has 3 aromatic carbocycles. The molecule has 0 saturated heterocycles. The molecule has 0 radical (unpaired) electrons. The van der Waals surface area contributed by atoms with Gasteiger partial charge < -0.3 is 5.32 Å². The van der Waals surface area contributed by atoms with Crippen LogP contribution in [0.15, 0.2) is 71.6 Å².